The molecule has 0 spiro atoms. The number of nitrogens with two attached hydrogens (primary N) is 1. The van der Waals surface area contributed by atoms with E-state index in [0.29, 0.717) is 18.9 Å². The van der Waals surface area contributed by atoms with Crippen molar-refractivity contribution in [3.8, 4) is 11.6 Å². The van der Waals surface area contributed by atoms with Crippen LogP contribution in [-0.4, -0.2) is 49.9 Å². The van der Waals surface area contributed by atoms with Crippen LogP contribution in [0.25, 0.3) is 11.6 Å². The highest BCUT2D eigenvalue weighted by Gasteiger charge is 2.58. The third-order valence-corrected chi connectivity index (χ3v) is 6.72. The van der Waals surface area contributed by atoms with Gasteiger partial charge in [-0.2, -0.15) is 26.3 Å². The Hall–Kier alpha value is -2.90. The van der Waals surface area contributed by atoms with Crippen molar-refractivity contribution in [1.29, 1.82) is 0 Å². The number of amides is 1. The standard InChI is InChI=1S/C22H25F6N5O3.C4H10/c23-21(24,25)13-11-14(29)16-17-31-32-19(36-17)20(35,22(26,27)28)9-5-2-6-10-33(18(34)15(13)30-16)12-7-3-1-4-8-12;1-4(2)3/h11-12,35H,1-10,29H2;4H,1-3H3. The fraction of sp³-hybridized carbons (Fsp3) is 0.692. The number of rotatable bonds is 1. The van der Waals surface area contributed by atoms with Crippen molar-refractivity contribution in [3.63, 3.8) is 0 Å². The lowest BCUT2D eigenvalue weighted by atomic mass is 9.92. The van der Waals surface area contributed by atoms with Crippen LogP contribution in [-0.2, 0) is 11.8 Å². The van der Waals surface area contributed by atoms with Crippen molar-refractivity contribution in [2.45, 2.75) is 103 Å². The van der Waals surface area contributed by atoms with Crippen LogP contribution in [0.5, 0.6) is 0 Å². The van der Waals surface area contributed by atoms with E-state index in [9.17, 15) is 36.2 Å². The molecule has 4 bridgehead atoms. The lowest BCUT2D eigenvalue weighted by molar-refractivity contribution is -0.277. The largest absolute Gasteiger partial charge is 0.426 e. The molecule has 224 valence electrons. The highest BCUT2D eigenvalue weighted by atomic mass is 19.4. The molecule has 1 aliphatic carbocycles. The monoisotopic (exact) mass is 579 g/mol. The van der Waals surface area contributed by atoms with Crippen LogP contribution < -0.4 is 5.73 Å². The van der Waals surface area contributed by atoms with Crippen LogP contribution in [0.4, 0.5) is 32.0 Å². The Morgan fingerprint density at radius 2 is 1.60 bits per heavy atom. The van der Waals surface area contributed by atoms with Crippen LogP contribution in [0.1, 0.15) is 101 Å². The number of hydrogen-bond donors (Lipinski definition) is 2. The van der Waals surface area contributed by atoms with Crippen molar-refractivity contribution in [3.05, 3.63) is 23.2 Å². The number of alkyl halides is 6. The molecule has 1 aliphatic heterocycles. The van der Waals surface area contributed by atoms with Crippen molar-refractivity contribution in [2.24, 2.45) is 5.92 Å². The fourth-order valence-corrected chi connectivity index (χ4v) is 4.75. The van der Waals surface area contributed by atoms with E-state index in [1.165, 1.54) is 4.90 Å². The maximum atomic E-state index is 13.9. The molecule has 1 atom stereocenters. The molecule has 4 rings (SSSR count). The van der Waals surface area contributed by atoms with E-state index in [-0.39, 0.29) is 31.8 Å². The summed E-state index contributed by atoms with van der Waals surface area (Å²) in [5, 5.41) is 17.2. The molecule has 8 nitrogen and oxygen atoms in total. The number of nitrogens with zero attached hydrogens (tertiary/aromatic N) is 4. The molecular weight excluding hydrogens is 544 g/mol. The molecule has 0 radical (unpaired) electrons. The molecule has 1 fully saturated rings. The first-order chi connectivity index (χ1) is 18.6. The van der Waals surface area contributed by atoms with Gasteiger partial charge >= 0.3 is 12.4 Å². The molecule has 2 aromatic rings. The first-order valence-electron chi connectivity index (χ1n) is 13.4. The summed E-state index contributed by atoms with van der Waals surface area (Å²) in [6.45, 7) is 6.53. The summed E-state index contributed by atoms with van der Waals surface area (Å²) in [6.07, 6.45) is -6.94. The summed E-state index contributed by atoms with van der Waals surface area (Å²) >= 11 is 0. The summed E-state index contributed by atoms with van der Waals surface area (Å²) < 4.78 is 88.2. The minimum Gasteiger partial charge on any atom is -0.416 e. The second kappa shape index (κ2) is 12.3. The molecule has 1 saturated carbocycles. The molecular formula is C26H35F6N5O3. The Bertz CT molecular complexity index is 1160. The summed E-state index contributed by atoms with van der Waals surface area (Å²) in [5.41, 5.74) is -1.23. The maximum absolute atomic E-state index is 13.9. The van der Waals surface area contributed by atoms with Gasteiger partial charge in [-0.1, -0.05) is 46.5 Å². The molecule has 2 aromatic heterocycles. The summed E-state index contributed by atoms with van der Waals surface area (Å²) in [4.78, 5) is 18.7. The van der Waals surface area contributed by atoms with Gasteiger partial charge in [0.1, 0.15) is 5.69 Å². The van der Waals surface area contributed by atoms with E-state index < -0.39 is 64.7 Å². The summed E-state index contributed by atoms with van der Waals surface area (Å²) in [7, 11) is 0. The number of nitrogen functional groups attached to an aromatic ring is 1. The lowest BCUT2D eigenvalue weighted by Gasteiger charge is -2.35. The highest BCUT2D eigenvalue weighted by molar-refractivity contribution is 5.95. The first kappa shape index (κ1) is 31.6. The molecule has 2 aliphatic rings. The number of pyridine rings is 1. The number of fused-ring (bicyclic) bond motifs is 5. The minimum absolute atomic E-state index is 0.0328. The van der Waals surface area contributed by atoms with Gasteiger partial charge in [-0.25, -0.2) is 4.98 Å². The quantitative estimate of drug-likeness (QED) is 0.371. The van der Waals surface area contributed by atoms with E-state index >= 15 is 0 Å². The van der Waals surface area contributed by atoms with Crippen molar-refractivity contribution in [2.75, 3.05) is 12.3 Å². The summed E-state index contributed by atoms with van der Waals surface area (Å²) in [5.74, 6) is -2.03. The van der Waals surface area contributed by atoms with E-state index in [2.05, 4.69) is 36.0 Å². The van der Waals surface area contributed by atoms with Gasteiger partial charge < -0.3 is 20.2 Å². The second-order valence-corrected chi connectivity index (χ2v) is 10.9. The Kier molecular flexibility index (Phi) is 9.74. The molecule has 1 amide bonds. The molecule has 3 N–H and O–H groups in total. The van der Waals surface area contributed by atoms with E-state index in [0.717, 1.165) is 25.2 Å². The second-order valence-electron chi connectivity index (χ2n) is 10.9. The normalized spacial score (nSPS) is 21.6. The zero-order valence-electron chi connectivity index (χ0n) is 22.7. The van der Waals surface area contributed by atoms with Gasteiger partial charge in [0.15, 0.2) is 5.69 Å². The van der Waals surface area contributed by atoms with Crippen LogP contribution in [0.2, 0.25) is 0 Å². The first-order valence-corrected chi connectivity index (χ1v) is 13.4. The van der Waals surface area contributed by atoms with Gasteiger partial charge in [0.05, 0.1) is 11.3 Å². The lowest BCUT2D eigenvalue weighted by Crippen LogP contribution is -2.43. The van der Waals surface area contributed by atoms with Gasteiger partial charge in [-0.15, -0.1) is 10.2 Å². The molecule has 1 unspecified atom stereocenters. The topological polar surface area (TPSA) is 118 Å². The van der Waals surface area contributed by atoms with E-state index in [1.54, 1.807) is 0 Å². The molecule has 0 aromatic carbocycles. The SMILES string of the molecule is CC(C)C.Nc1cc(C(F)(F)F)c2nc1-c1nnc(o1)C(O)(C(F)(F)F)CCCCCN(C1CCCCC1)C2=O. The number of aliphatic hydroxyl groups is 1. The fourth-order valence-electron chi connectivity index (χ4n) is 4.75. The van der Waals surface area contributed by atoms with Crippen LogP contribution in [0, 0.1) is 5.92 Å². The zero-order valence-corrected chi connectivity index (χ0v) is 22.7. The highest BCUT2D eigenvalue weighted by Crippen LogP contribution is 2.44. The Balaban J connectivity index is 0.00000103. The predicted molar refractivity (Wildman–Crippen MR) is 134 cm³/mol. The zero-order chi connectivity index (χ0) is 29.9. The summed E-state index contributed by atoms with van der Waals surface area (Å²) in [6, 6.07) is 0.158. The van der Waals surface area contributed by atoms with Crippen LogP contribution in [0.15, 0.2) is 10.5 Å². The Morgan fingerprint density at radius 3 is 2.17 bits per heavy atom. The number of halogens is 6. The number of carbonyl (C=O) groups is 1. The molecule has 0 saturated heterocycles. The third-order valence-electron chi connectivity index (χ3n) is 6.72. The van der Waals surface area contributed by atoms with E-state index in [4.69, 9.17) is 10.2 Å². The molecule has 40 heavy (non-hydrogen) atoms. The van der Waals surface area contributed by atoms with Crippen molar-refractivity contribution < 1.29 is 40.7 Å². The number of aromatic nitrogens is 3. The molecule has 14 heteroatoms. The minimum atomic E-state index is -5.16. The van der Waals surface area contributed by atoms with Crippen LogP contribution >= 0.6 is 0 Å². The average Bonchev–Trinajstić information content (AvgIpc) is 3.34. The average molecular weight is 580 g/mol. The van der Waals surface area contributed by atoms with Gasteiger partial charge in [0.2, 0.25) is 5.60 Å². The molecule has 3 heterocycles. The maximum Gasteiger partial charge on any atom is 0.426 e. The van der Waals surface area contributed by atoms with Crippen molar-refractivity contribution in [1.82, 2.24) is 20.1 Å². The predicted octanol–water partition coefficient (Wildman–Crippen LogP) is 6.49. The number of anilines is 1. The van der Waals surface area contributed by atoms with E-state index in [1.807, 2.05) is 0 Å². The van der Waals surface area contributed by atoms with Gasteiger partial charge in [0.25, 0.3) is 17.7 Å². The van der Waals surface area contributed by atoms with Gasteiger partial charge in [-0.05, 0) is 44.1 Å². The Labute approximate surface area is 228 Å². The third kappa shape index (κ3) is 7.05. The number of carbonyl (C=O) groups excluding carboxylic acids is 1. The smallest absolute Gasteiger partial charge is 0.416 e. The van der Waals surface area contributed by atoms with Crippen LogP contribution in [0.3, 0.4) is 0 Å². The van der Waals surface area contributed by atoms with Gasteiger partial charge in [0, 0.05) is 12.6 Å². The van der Waals surface area contributed by atoms with Gasteiger partial charge in [-0.3, -0.25) is 4.79 Å². The Morgan fingerprint density at radius 1 is 1.00 bits per heavy atom. The van der Waals surface area contributed by atoms with Crippen molar-refractivity contribution >= 4 is 11.6 Å². The number of hydrogen-bond acceptors (Lipinski definition) is 7.